The topological polar surface area (TPSA) is 37.8 Å². The maximum atomic E-state index is 12.1. The summed E-state index contributed by atoms with van der Waals surface area (Å²) < 4.78 is 39.5. The van der Waals surface area contributed by atoms with E-state index < -0.39 is 12.0 Å². The number of rotatable bonds is 3. The van der Waals surface area contributed by atoms with Gasteiger partial charge in [-0.15, -0.1) is 6.42 Å². The number of hydrogen-bond acceptors (Lipinski definition) is 4. The van der Waals surface area contributed by atoms with Crippen molar-refractivity contribution in [2.75, 3.05) is 5.32 Å². The zero-order valence-electron chi connectivity index (χ0n) is 7.80. The van der Waals surface area contributed by atoms with E-state index >= 15 is 0 Å². The van der Waals surface area contributed by atoms with E-state index in [-0.39, 0.29) is 11.2 Å². The number of halogens is 3. The first-order valence-corrected chi connectivity index (χ1v) is 4.88. The highest BCUT2D eigenvalue weighted by molar-refractivity contribution is 7.09. The van der Waals surface area contributed by atoms with E-state index in [2.05, 4.69) is 20.6 Å². The molecule has 1 aromatic rings. The number of anilines is 1. The highest BCUT2D eigenvalue weighted by atomic mass is 32.1. The Bertz CT molecular complexity index is 366. The van der Waals surface area contributed by atoms with Crippen molar-refractivity contribution in [3.8, 4) is 12.3 Å². The Labute approximate surface area is 88.9 Å². The lowest BCUT2D eigenvalue weighted by Gasteiger charge is -2.07. The lowest BCUT2D eigenvalue weighted by molar-refractivity contribution is -0.144. The summed E-state index contributed by atoms with van der Waals surface area (Å²) in [4.78, 5) is 3.29. The molecule has 1 aromatic heterocycles. The number of nitrogens with zero attached hydrogens (tertiary/aromatic N) is 2. The van der Waals surface area contributed by atoms with Crippen LogP contribution in [0.15, 0.2) is 0 Å². The predicted octanol–water partition coefficient (Wildman–Crippen LogP) is 2.38. The molecule has 0 amide bonds. The van der Waals surface area contributed by atoms with Crippen molar-refractivity contribution in [2.24, 2.45) is 0 Å². The minimum Gasteiger partial charge on any atom is -0.347 e. The molecule has 1 rings (SSSR count). The van der Waals surface area contributed by atoms with E-state index in [1.54, 1.807) is 0 Å². The summed E-state index contributed by atoms with van der Waals surface area (Å²) in [5, 5.41) is 2.77. The first-order chi connectivity index (χ1) is 6.97. The number of alkyl halides is 3. The molecule has 1 N–H and O–H groups in total. The molecule has 0 spiro atoms. The fraction of sp³-hybridized carbons (Fsp3) is 0.500. The second-order valence-corrected chi connectivity index (χ2v) is 3.44. The molecule has 0 saturated heterocycles. The van der Waals surface area contributed by atoms with Crippen molar-refractivity contribution in [1.29, 1.82) is 0 Å². The third-order valence-corrected chi connectivity index (χ3v) is 2.23. The van der Waals surface area contributed by atoms with Gasteiger partial charge < -0.3 is 5.32 Å². The monoisotopic (exact) mass is 235 g/mol. The van der Waals surface area contributed by atoms with Gasteiger partial charge in [0.15, 0.2) is 0 Å². The number of hydrogen-bond donors (Lipinski definition) is 1. The van der Waals surface area contributed by atoms with Crippen molar-refractivity contribution in [3.05, 3.63) is 5.82 Å². The summed E-state index contributed by atoms with van der Waals surface area (Å²) in [6.45, 7) is 1.82. The number of terminal acetylenes is 1. The van der Waals surface area contributed by atoms with E-state index in [1.165, 1.54) is 0 Å². The van der Waals surface area contributed by atoms with Gasteiger partial charge in [0.2, 0.25) is 11.0 Å². The third kappa shape index (κ3) is 3.09. The standard InChI is InChI=1S/C8H8F3N3S/c1-3-5(4-2)12-7-13-6(14-15-7)8(9,10)11/h1,5H,4H2,2H3,(H,12,13,14). The van der Waals surface area contributed by atoms with E-state index in [1.807, 2.05) is 6.92 Å². The smallest absolute Gasteiger partial charge is 0.347 e. The molecule has 0 fully saturated rings. The van der Waals surface area contributed by atoms with Crippen molar-refractivity contribution >= 4 is 16.7 Å². The van der Waals surface area contributed by atoms with E-state index in [0.717, 1.165) is 0 Å². The molecule has 0 aliphatic carbocycles. The molecule has 0 aromatic carbocycles. The first kappa shape index (κ1) is 11.8. The second-order valence-electron chi connectivity index (χ2n) is 2.69. The van der Waals surface area contributed by atoms with Crippen LogP contribution in [0.25, 0.3) is 0 Å². The van der Waals surface area contributed by atoms with Gasteiger partial charge in [0.25, 0.3) is 0 Å². The molecule has 0 saturated carbocycles. The minimum atomic E-state index is -4.51. The summed E-state index contributed by atoms with van der Waals surface area (Å²) in [5.41, 5.74) is 0. The van der Waals surface area contributed by atoms with Gasteiger partial charge in [-0.2, -0.15) is 22.5 Å². The van der Waals surface area contributed by atoms with Crippen LogP contribution >= 0.6 is 11.5 Å². The highest BCUT2D eigenvalue weighted by Gasteiger charge is 2.36. The van der Waals surface area contributed by atoms with Crippen molar-refractivity contribution in [1.82, 2.24) is 9.36 Å². The maximum Gasteiger partial charge on any atom is 0.452 e. The molecule has 1 heterocycles. The summed E-state index contributed by atoms with van der Waals surface area (Å²) in [6, 6.07) is -0.320. The van der Waals surface area contributed by atoms with Crippen LogP contribution < -0.4 is 5.32 Å². The van der Waals surface area contributed by atoms with Crippen LogP contribution in [-0.4, -0.2) is 15.4 Å². The van der Waals surface area contributed by atoms with Crippen molar-refractivity contribution in [3.63, 3.8) is 0 Å². The van der Waals surface area contributed by atoms with Crippen LogP contribution in [0.2, 0.25) is 0 Å². The molecular formula is C8H8F3N3S. The van der Waals surface area contributed by atoms with Crippen LogP contribution in [0.4, 0.5) is 18.3 Å². The van der Waals surface area contributed by atoms with Gasteiger partial charge in [-0.05, 0) is 6.42 Å². The maximum absolute atomic E-state index is 12.1. The van der Waals surface area contributed by atoms with Crippen LogP contribution in [0.3, 0.4) is 0 Å². The summed E-state index contributed by atoms with van der Waals surface area (Å²) in [6.07, 6.45) is 1.25. The average Bonchev–Trinajstić information content (AvgIpc) is 2.61. The molecule has 0 aliphatic heterocycles. The van der Waals surface area contributed by atoms with Gasteiger partial charge in [-0.1, -0.05) is 12.8 Å². The predicted molar refractivity (Wildman–Crippen MR) is 51.4 cm³/mol. The molecular weight excluding hydrogens is 227 g/mol. The lowest BCUT2D eigenvalue weighted by atomic mass is 10.2. The zero-order valence-corrected chi connectivity index (χ0v) is 8.61. The quantitative estimate of drug-likeness (QED) is 0.817. The van der Waals surface area contributed by atoms with Gasteiger partial charge in [0, 0.05) is 11.5 Å². The zero-order chi connectivity index (χ0) is 11.5. The van der Waals surface area contributed by atoms with Gasteiger partial charge in [0.05, 0.1) is 6.04 Å². The molecule has 1 atom stereocenters. The van der Waals surface area contributed by atoms with E-state index in [4.69, 9.17) is 6.42 Å². The molecule has 1 unspecified atom stereocenters. The van der Waals surface area contributed by atoms with Crippen LogP contribution in [0.1, 0.15) is 19.2 Å². The fourth-order valence-electron chi connectivity index (χ4n) is 0.808. The Hall–Kier alpha value is -1.29. The first-order valence-electron chi connectivity index (χ1n) is 4.11. The Morgan fingerprint density at radius 2 is 2.27 bits per heavy atom. The van der Waals surface area contributed by atoms with Gasteiger partial charge >= 0.3 is 6.18 Å². The SMILES string of the molecule is C#CC(CC)Nc1nc(C(F)(F)F)ns1. The average molecular weight is 235 g/mol. The Balaban J connectivity index is 2.74. The molecule has 7 heteroatoms. The normalized spacial score (nSPS) is 13.3. The van der Waals surface area contributed by atoms with Gasteiger partial charge in [0.1, 0.15) is 0 Å². The molecule has 0 radical (unpaired) electrons. The molecule has 0 aliphatic rings. The summed E-state index contributed by atoms with van der Waals surface area (Å²) >= 11 is 0.648. The van der Waals surface area contributed by atoms with Crippen molar-refractivity contribution in [2.45, 2.75) is 25.6 Å². The molecule has 0 bridgehead atoms. The van der Waals surface area contributed by atoms with Gasteiger partial charge in [-0.3, -0.25) is 0 Å². The molecule has 3 nitrogen and oxygen atoms in total. The second kappa shape index (κ2) is 4.49. The lowest BCUT2D eigenvalue weighted by Crippen LogP contribution is -2.16. The van der Waals surface area contributed by atoms with Crippen LogP contribution in [-0.2, 0) is 6.18 Å². The van der Waals surface area contributed by atoms with Crippen LogP contribution in [0, 0.1) is 12.3 Å². The van der Waals surface area contributed by atoms with E-state index in [0.29, 0.717) is 18.0 Å². The molecule has 15 heavy (non-hydrogen) atoms. The van der Waals surface area contributed by atoms with Gasteiger partial charge in [-0.25, -0.2) is 0 Å². The number of nitrogens with one attached hydrogen (secondary N) is 1. The fourth-order valence-corrected chi connectivity index (χ4v) is 1.45. The third-order valence-electron chi connectivity index (χ3n) is 1.59. The number of aromatic nitrogens is 2. The Morgan fingerprint density at radius 1 is 1.60 bits per heavy atom. The Morgan fingerprint density at radius 3 is 2.67 bits per heavy atom. The van der Waals surface area contributed by atoms with Crippen molar-refractivity contribution < 1.29 is 13.2 Å². The Kier molecular flexibility index (Phi) is 3.52. The minimum absolute atomic E-state index is 0.0899. The summed E-state index contributed by atoms with van der Waals surface area (Å²) in [5.74, 6) is 1.26. The molecule has 82 valence electrons. The summed E-state index contributed by atoms with van der Waals surface area (Å²) in [7, 11) is 0. The van der Waals surface area contributed by atoms with E-state index in [9.17, 15) is 13.2 Å². The van der Waals surface area contributed by atoms with Crippen LogP contribution in [0.5, 0.6) is 0 Å². The highest BCUT2D eigenvalue weighted by Crippen LogP contribution is 2.29. The largest absolute Gasteiger partial charge is 0.452 e.